The van der Waals surface area contributed by atoms with Gasteiger partial charge < -0.3 is 15.0 Å². The molecule has 2 N–H and O–H groups in total. The first-order valence-corrected chi connectivity index (χ1v) is 8.70. The maximum Gasteiger partial charge on any atom is 0.308 e. The molecule has 1 aromatic heterocycles. The van der Waals surface area contributed by atoms with Crippen molar-refractivity contribution in [1.82, 2.24) is 9.88 Å². The number of nitrogens with one attached hydrogen (secondary N) is 1. The molecule has 2 aromatic rings. The second kappa shape index (κ2) is 5.67. The lowest BCUT2D eigenvalue weighted by Gasteiger charge is -2.15. The number of carbonyl (C=O) groups excluding carboxylic acids is 1. The number of aliphatic carboxylic acids is 1. The van der Waals surface area contributed by atoms with Crippen LogP contribution in [0, 0.1) is 17.8 Å². The van der Waals surface area contributed by atoms with Gasteiger partial charge in [-0.15, -0.1) is 0 Å². The Kier molecular flexibility index (Phi) is 3.73. The Bertz CT molecular complexity index is 844. The molecule has 4 rings (SSSR count). The van der Waals surface area contributed by atoms with Crippen molar-refractivity contribution in [2.75, 3.05) is 13.1 Å². The van der Waals surface area contributed by atoms with E-state index in [2.05, 4.69) is 4.98 Å². The van der Waals surface area contributed by atoms with Gasteiger partial charge in [0.25, 0.3) is 5.91 Å². The number of carboxylic acid groups (broad SMARTS) is 1. The first kappa shape index (κ1) is 15.8. The van der Waals surface area contributed by atoms with E-state index < -0.39 is 11.9 Å². The Morgan fingerprint density at radius 2 is 1.96 bits per heavy atom. The Morgan fingerprint density at radius 1 is 1.21 bits per heavy atom. The van der Waals surface area contributed by atoms with Crippen molar-refractivity contribution in [1.29, 1.82) is 0 Å². The number of amides is 1. The van der Waals surface area contributed by atoms with Crippen molar-refractivity contribution >= 4 is 46.0 Å². The number of nitrogens with zero attached hydrogens (tertiary/aromatic N) is 1. The highest BCUT2D eigenvalue weighted by molar-refractivity contribution is 6.39. The number of carbonyl (C=O) groups is 2. The van der Waals surface area contributed by atoms with E-state index in [1.807, 2.05) is 0 Å². The van der Waals surface area contributed by atoms with Gasteiger partial charge in [0.1, 0.15) is 5.69 Å². The molecule has 2 aliphatic rings. The second-order valence-corrected chi connectivity index (χ2v) is 7.47. The molecule has 1 aliphatic carbocycles. The molecule has 1 saturated carbocycles. The van der Waals surface area contributed by atoms with Gasteiger partial charge in [-0.2, -0.15) is 0 Å². The number of fused-ring (bicyclic) bond motifs is 1. The first-order chi connectivity index (χ1) is 11.5. The zero-order chi connectivity index (χ0) is 17.0. The minimum absolute atomic E-state index is 0.0454. The zero-order valence-electron chi connectivity index (χ0n) is 12.8. The largest absolute Gasteiger partial charge is 0.481 e. The van der Waals surface area contributed by atoms with Crippen LogP contribution in [0.2, 0.25) is 10.0 Å². The van der Waals surface area contributed by atoms with Crippen LogP contribution in [-0.2, 0) is 4.79 Å². The van der Waals surface area contributed by atoms with Crippen LogP contribution in [0.5, 0.6) is 0 Å². The molecule has 1 saturated heterocycles. The fourth-order valence-electron chi connectivity index (χ4n) is 3.69. The third-order valence-corrected chi connectivity index (χ3v) is 5.74. The average molecular weight is 367 g/mol. The molecular weight excluding hydrogens is 351 g/mol. The van der Waals surface area contributed by atoms with E-state index in [-0.39, 0.29) is 18.4 Å². The third kappa shape index (κ3) is 2.56. The van der Waals surface area contributed by atoms with Crippen LogP contribution >= 0.6 is 23.2 Å². The van der Waals surface area contributed by atoms with Crippen molar-refractivity contribution in [3.63, 3.8) is 0 Å². The van der Waals surface area contributed by atoms with E-state index in [1.165, 1.54) is 0 Å². The summed E-state index contributed by atoms with van der Waals surface area (Å²) in [5.41, 5.74) is 1.04. The number of halogens is 2. The monoisotopic (exact) mass is 366 g/mol. The molecule has 0 bridgehead atoms. The number of benzene rings is 1. The molecule has 0 unspecified atom stereocenters. The smallest absolute Gasteiger partial charge is 0.308 e. The summed E-state index contributed by atoms with van der Waals surface area (Å²) in [5.74, 6) is -1.08. The summed E-state index contributed by atoms with van der Waals surface area (Å²) >= 11 is 12.3. The summed E-state index contributed by atoms with van der Waals surface area (Å²) in [5, 5.41) is 11.0. The molecule has 1 aromatic carbocycles. The molecular formula is C17H16Cl2N2O3. The van der Waals surface area contributed by atoms with Crippen molar-refractivity contribution in [2.24, 2.45) is 17.8 Å². The summed E-state index contributed by atoms with van der Waals surface area (Å²) in [7, 11) is 0. The molecule has 1 amide bonds. The van der Waals surface area contributed by atoms with Gasteiger partial charge in [-0.05, 0) is 42.9 Å². The van der Waals surface area contributed by atoms with Crippen LogP contribution in [0.25, 0.3) is 10.9 Å². The third-order valence-electron chi connectivity index (χ3n) is 5.11. The van der Waals surface area contributed by atoms with Gasteiger partial charge >= 0.3 is 5.97 Å². The number of aromatic nitrogens is 1. The van der Waals surface area contributed by atoms with Gasteiger partial charge in [0.05, 0.1) is 10.9 Å². The molecule has 0 spiro atoms. The highest BCUT2D eigenvalue weighted by Crippen LogP contribution is 2.44. The number of carboxylic acids is 1. The lowest BCUT2D eigenvalue weighted by Crippen LogP contribution is -2.30. The summed E-state index contributed by atoms with van der Waals surface area (Å²) in [6, 6.07) is 5.21. The van der Waals surface area contributed by atoms with Crippen LogP contribution in [0.1, 0.15) is 23.3 Å². The van der Waals surface area contributed by atoms with Crippen LogP contribution in [0.3, 0.4) is 0 Å². The normalized spacial score (nSPS) is 23.8. The van der Waals surface area contributed by atoms with Gasteiger partial charge in [-0.3, -0.25) is 9.59 Å². The maximum atomic E-state index is 12.9. The molecule has 2 heterocycles. The molecule has 2 atom stereocenters. The Balaban J connectivity index is 1.64. The predicted molar refractivity (Wildman–Crippen MR) is 91.6 cm³/mol. The van der Waals surface area contributed by atoms with Crippen LogP contribution in [-0.4, -0.2) is 40.0 Å². The zero-order valence-corrected chi connectivity index (χ0v) is 14.3. The van der Waals surface area contributed by atoms with E-state index in [4.69, 9.17) is 23.2 Å². The number of likely N-dealkylation sites (tertiary alicyclic amines) is 1. The van der Waals surface area contributed by atoms with Crippen molar-refractivity contribution in [3.8, 4) is 0 Å². The van der Waals surface area contributed by atoms with Gasteiger partial charge in [-0.1, -0.05) is 23.2 Å². The number of hydrogen-bond acceptors (Lipinski definition) is 2. The van der Waals surface area contributed by atoms with Gasteiger partial charge in [-0.25, -0.2) is 0 Å². The molecule has 2 fully saturated rings. The minimum Gasteiger partial charge on any atom is -0.481 e. The van der Waals surface area contributed by atoms with Crippen LogP contribution < -0.4 is 0 Å². The number of aromatic amines is 1. The number of hydrogen-bond donors (Lipinski definition) is 2. The van der Waals surface area contributed by atoms with E-state index >= 15 is 0 Å². The maximum absolute atomic E-state index is 12.9. The summed E-state index contributed by atoms with van der Waals surface area (Å²) in [4.78, 5) is 29.0. The quantitative estimate of drug-likeness (QED) is 0.870. The van der Waals surface area contributed by atoms with Gasteiger partial charge in [0, 0.05) is 29.0 Å². The fraction of sp³-hybridized carbons (Fsp3) is 0.412. The van der Waals surface area contributed by atoms with Crippen LogP contribution in [0.4, 0.5) is 0 Å². The van der Waals surface area contributed by atoms with E-state index in [9.17, 15) is 14.7 Å². The van der Waals surface area contributed by atoms with Gasteiger partial charge in [0.15, 0.2) is 0 Å². The summed E-state index contributed by atoms with van der Waals surface area (Å²) in [6.45, 7) is 0.717. The van der Waals surface area contributed by atoms with E-state index in [0.29, 0.717) is 33.6 Å². The van der Waals surface area contributed by atoms with Crippen molar-refractivity contribution in [3.05, 3.63) is 33.9 Å². The average Bonchev–Trinajstić information content (AvgIpc) is 3.21. The predicted octanol–water partition coefficient (Wildman–Crippen LogP) is 3.66. The van der Waals surface area contributed by atoms with E-state index in [1.54, 1.807) is 23.1 Å². The highest BCUT2D eigenvalue weighted by atomic mass is 35.5. The number of H-pyrrole nitrogens is 1. The first-order valence-electron chi connectivity index (χ1n) is 7.94. The molecule has 5 nitrogen and oxygen atoms in total. The fourth-order valence-corrected chi connectivity index (χ4v) is 4.15. The Morgan fingerprint density at radius 3 is 2.62 bits per heavy atom. The molecule has 1 aliphatic heterocycles. The van der Waals surface area contributed by atoms with Gasteiger partial charge in [0.2, 0.25) is 0 Å². The Hall–Kier alpha value is -1.72. The Labute approximate surface area is 148 Å². The highest BCUT2D eigenvalue weighted by Gasteiger charge is 2.47. The van der Waals surface area contributed by atoms with Crippen LogP contribution in [0.15, 0.2) is 18.2 Å². The second-order valence-electron chi connectivity index (χ2n) is 6.66. The number of rotatable bonds is 3. The van der Waals surface area contributed by atoms with Crippen molar-refractivity contribution < 1.29 is 14.7 Å². The minimum atomic E-state index is -0.822. The standard InChI is InChI=1S/C17H16Cl2N2O3/c18-9-3-4-13-10(5-9)14(19)15(20-13)16(22)21-6-11(8-1-2-8)12(7-21)17(23)24/h3-5,8,11-12,20H,1-2,6-7H2,(H,23,24)/t11-,12+/m1/s1. The lowest BCUT2D eigenvalue weighted by molar-refractivity contribution is -0.142. The molecule has 126 valence electrons. The molecule has 7 heteroatoms. The summed E-state index contributed by atoms with van der Waals surface area (Å²) < 4.78 is 0. The lowest BCUT2D eigenvalue weighted by atomic mass is 9.92. The molecule has 24 heavy (non-hydrogen) atoms. The topological polar surface area (TPSA) is 73.4 Å². The summed E-state index contributed by atoms with van der Waals surface area (Å²) in [6.07, 6.45) is 2.12. The van der Waals surface area contributed by atoms with E-state index in [0.717, 1.165) is 18.4 Å². The van der Waals surface area contributed by atoms with Crippen molar-refractivity contribution in [2.45, 2.75) is 12.8 Å². The SMILES string of the molecule is O=C(O)[C@H]1CN(C(=O)c2[nH]c3ccc(Cl)cc3c2Cl)C[C@@H]1C1CC1. The molecule has 0 radical (unpaired) electrons.